The van der Waals surface area contributed by atoms with Gasteiger partial charge in [0.25, 0.3) is 5.97 Å². The summed E-state index contributed by atoms with van der Waals surface area (Å²) < 4.78 is 0. The number of aliphatic hydroxyl groups excluding tert-OH is 1. The molecule has 0 unspecified atom stereocenters. The highest BCUT2D eigenvalue weighted by Crippen LogP contribution is 2.19. The van der Waals surface area contributed by atoms with Crippen LogP contribution in [0.5, 0.6) is 0 Å². The molecular formula is C37H61N15O11. The quantitative estimate of drug-likeness (QED) is 0.0252. The number of nitrogens with one attached hydrogen (secondary N) is 7. The molecule has 0 aliphatic carbocycles. The van der Waals surface area contributed by atoms with Crippen LogP contribution in [0, 0.1) is 0 Å². The first-order valence-electron chi connectivity index (χ1n) is 20.2. The van der Waals surface area contributed by atoms with E-state index in [0.717, 1.165) is 6.92 Å². The monoisotopic (exact) mass is 891 g/mol. The van der Waals surface area contributed by atoms with Gasteiger partial charge in [0.15, 0.2) is 5.96 Å². The summed E-state index contributed by atoms with van der Waals surface area (Å²) in [5.74, 6) is -6.81. The molecule has 1 aliphatic heterocycles. The zero-order chi connectivity index (χ0) is 47.1. The Labute approximate surface area is 362 Å². The molecule has 3 rings (SSSR count). The molecule has 1 aliphatic rings. The molecule has 26 heteroatoms. The average molecular weight is 892 g/mol. The molecular weight excluding hydrogens is 831 g/mol. The molecule has 0 aromatic carbocycles. The van der Waals surface area contributed by atoms with Gasteiger partial charge >= 0.3 is 5.97 Å². The van der Waals surface area contributed by atoms with Crippen molar-refractivity contribution in [1.29, 1.82) is 0 Å². The Kier molecular flexibility index (Phi) is 22.7. The number of hydrogen-bond donors (Lipinski definition) is 14. The molecule has 63 heavy (non-hydrogen) atoms. The Morgan fingerprint density at radius 2 is 1.38 bits per heavy atom. The first-order valence-corrected chi connectivity index (χ1v) is 20.2. The Balaban J connectivity index is 0.00000326. The van der Waals surface area contributed by atoms with E-state index in [-0.39, 0.29) is 57.6 Å². The van der Waals surface area contributed by atoms with E-state index in [2.05, 4.69) is 51.5 Å². The summed E-state index contributed by atoms with van der Waals surface area (Å²) in [6.45, 7) is 2.10. The molecule has 26 nitrogen and oxygen atoms in total. The third-order valence-corrected chi connectivity index (χ3v) is 9.47. The third kappa shape index (κ3) is 18.9. The number of aliphatic carboxylic acids is 2. The van der Waals surface area contributed by atoms with Crippen molar-refractivity contribution in [2.24, 2.45) is 27.9 Å². The van der Waals surface area contributed by atoms with Crippen LogP contribution in [-0.4, -0.2) is 162 Å². The lowest BCUT2D eigenvalue weighted by atomic mass is 10.1. The van der Waals surface area contributed by atoms with E-state index >= 15 is 0 Å². The SMILES string of the molecule is CC(=O)O.C[C@H](NC(=O)[C@H](Cc1cnc[nH]1)NC(=O)[C@@H](N)Cc1cnc[nH]1)C(=O)N[C@@H](CO)C(=O)N1CCC[C@H]1C(=O)N[C@@H](CCCN=C(N)N)C(=O)N[C@@H](CCCCN)C(=O)O. The molecule has 350 valence electrons. The van der Waals surface area contributed by atoms with Gasteiger partial charge in [-0.3, -0.25) is 38.6 Å². The predicted molar refractivity (Wildman–Crippen MR) is 223 cm³/mol. The first-order chi connectivity index (χ1) is 29.9. The number of guanidine groups is 1. The van der Waals surface area contributed by atoms with E-state index in [4.69, 9.17) is 32.8 Å². The molecule has 1 saturated heterocycles. The van der Waals surface area contributed by atoms with E-state index in [1.807, 2.05) is 0 Å². The number of carboxylic acids is 2. The number of nitrogens with zero attached hydrogens (tertiary/aromatic N) is 4. The molecule has 0 saturated carbocycles. The number of amides is 6. The van der Waals surface area contributed by atoms with Crippen molar-refractivity contribution in [3.63, 3.8) is 0 Å². The molecule has 7 atom stereocenters. The highest BCUT2D eigenvalue weighted by atomic mass is 16.4. The summed E-state index contributed by atoms with van der Waals surface area (Å²) in [4.78, 5) is 120. The van der Waals surface area contributed by atoms with Crippen molar-refractivity contribution in [3.05, 3.63) is 36.4 Å². The number of carbonyl (C=O) groups excluding carboxylic acids is 6. The van der Waals surface area contributed by atoms with Gasteiger partial charge in [-0.1, -0.05) is 0 Å². The second-order valence-corrected chi connectivity index (χ2v) is 14.6. The second-order valence-electron chi connectivity index (χ2n) is 14.6. The Hall–Kier alpha value is -6.67. The summed E-state index contributed by atoms with van der Waals surface area (Å²) in [6.07, 6.45) is 7.78. The fraction of sp³-hybridized carbons (Fsp3) is 0.595. The first kappa shape index (κ1) is 52.5. The van der Waals surface area contributed by atoms with Gasteiger partial charge in [-0.2, -0.15) is 0 Å². The minimum absolute atomic E-state index is 0.0213. The molecule has 0 bridgehead atoms. The molecule has 6 amide bonds. The lowest BCUT2D eigenvalue weighted by molar-refractivity contribution is -0.144. The maximum atomic E-state index is 13.7. The third-order valence-electron chi connectivity index (χ3n) is 9.47. The predicted octanol–water partition coefficient (Wildman–Crippen LogP) is -4.97. The number of hydrogen-bond acceptors (Lipinski definition) is 14. The van der Waals surface area contributed by atoms with Crippen molar-refractivity contribution in [2.75, 3.05) is 26.2 Å². The van der Waals surface area contributed by atoms with Gasteiger partial charge in [0.2, 0.25) is 35.4 Å². The highest BCUT2D eigenvalue weighted by molar-refractivity contribution is 5.97. The van der Waals surface area contributed by atoms with Gasteiger partial charge in [-0.15, -0.1) is 0 Å². The average Bonchev–Trinajstić information content (AvgIpc) is 4.04. The molecule has 3 heterocycles. The molecule has 2 aromatic heterocycles. The fourth-order valence-corrected chi connectivity index (χ4v) is 6.26. The summed E-state index contributed by atoms with van der Waals surface area (Å²) in [7, 11) is 0. The zero-order valence-electron chi connectivity index (χ0n) is 35.2. The van der Waals surface area contributed by atoms with Gasteiger partial charge in [-0.25, -0.2) is 14.8 Å². The van der Waals surface area contributed by atoms with Crippen LogP contribution in [0.4, 0.5) is 0 Å². The number of rotatable bonds is 25. The van der Waals surface area contributed by atoms with Crippen molar-refractivity contribution in [1.82, 2.24) is 51.4 Å². The van der Waals surface area contributed by atoms with Gasteiger partial charge in [0.05, 0.1) is 25.3 Å². The van der Waals surface area contributed by atoms with E-state index in [1.165, 1.54) is 36.9 Å². The Morgan fingerprint density at radius 1 is 0.810 bits per heavy atom. The van der Waals surface area contributed by atoms with E-state index in [9.17, 15) is 43.8 Å². The molecule has 2 aromatic rings. The highest BCUT2D eigenvalue weighted by Gasteiger charge is 2.39. The van der Waals surface area contributed by atoms with Crippen LogP contribution in [-0.2, 0) is 51.2 Å². The standard InChI is InChI=1S/C35H57N15O9.C2H4O2/c1-19(45-31(55)25(13-21-15-41-18-44-21)48-29(53)22(37)12-20-14-40-17-43-20)28(52)49-26(16-51)33(57)50-11-5-8-27(50)32(56)46-23(7-4-10-42-35(38)39)30(54)47-24(34(58)59)6-2-3-9-36;1-2(3)4/h14-15,17-19,22-27,51H,2-13,16,36-37H2,1H3,(H,40,43)(H,41,44)(H,45,55)(H,46,56)(H,47,54)(H,48,53)(H,49,52)(H,58,59)(H4,38,39,42);1H3,(H,3,4)/t19-,22-,23-,24-,25-,26-,27-;/m0./s1. The number of aliphatic imine (C=N–C) groups is 1. The van der Waals surface area contributed by atoms with Crippen molar-refractivity contribution < 1.29 is 53.7 Å². The largest absolute Gasteiger partial charge is 0.481 e. The summed E-state index contributed by atoms with van der Waals surface area (Å²) in [6, 6.07) is -8.62. The molecule has 0 radical (unpaired) electrons. The maximum Gasteiger partial charge on any atom is 0.326 e. The molecule has 0 spiro atoms. The number of H-pyrrole nitrogens is 2. The van der Waals surface area contributed by atoms with Crippen LogP contribution < -0.4 is 49.5 Å². The normalized spacial score (nSPS) is 16.0. The second kappa shape index (κ2) is 27.3. The van der Waals surface area contributed by atoms with Crippen LogP contribution in [0.15, 0.2) is 30.0 Å². The number of likely N-dealkylation sites (tertiary alicyclic amines) is 1. The van der Waals surface area contributed by atoms with Crippen molar-refractivity contribution in [3.8, 4) is 0 Å². The number of carboxylic acid groups (broad SMARTS) is 2. The van der Waals surface area contributed by atoms with E-state index in [0.29, 0.717) is 37.2 Å². The number of unbranched alkanes of at least 4 members (excludes halogenated alkanes) is 1. The summed E-state index contributed by atoms with van der Waals surface area (Å²) in [5, 5.41) is 39.9. The Morgan fingerprint density at radius 3 is 1.94 bits per heavy atom. The van der Waals surface area contributed by atoms with Gasteiger partial charge in [0, 0.05) is 56.6 Å². The lowest BCUT2D eigenvalue weighted by Gasteiger charge is -2.30. The fourth-order valence-electron chi connectivity index (χ4n) is 6.26. The number of nitrogens with two attached hydrogens (primary N) is 4. The van der Waals surface area contributed by atoms with Gasteiger partial charge < -0.3 is 79.7 Å². The van der Waals surface area contributed by atoms with E-state index < -0.39 is 96.3 Å². The number of aromatic amines is 2. The molecule has 1 fully saturated rings. The lowest BCUT2D eigenvalue weighted by Crippen LogP contribution is -2.60. The summed E-state index contributed by atoms with van der Waals surface area (Å²) in [5.41, 5.74) is 23.5. The van der Waals surface area contributed by atoms with Crippen LogP contribution in [0.25, 0.3) is 0 Å². The van der Waals surface area contributed by atoms with Crippen molar-refractivity contribution in [2.45, 2.75) is 114 Å². The molecule has 18 N–H and O–H groups in total. The van der Waals surface area contributed by atoms with Crippen LogP contribution in [0.3, 0.4) is 0 Å². The summed E-state index contributed by atoms with van der Waals surface area (Å²) >= 11 is 0. The van der Waals surface area contributed by atoms with Crippen LogP contribution in [0.2, 0.25) is 0 Å². The number of aliphatic hydroxyl groups is 1. The van der Waals surface area contributed by atoms with Gasteiger partial charge in [-0.05, 0) is 58.4 Å². The maximum absolute atomic E-state index is 13.7. The van der Waals surface area contributed by atoms with E-state index in [1.54, 1.807) is 0 Å². The van der Waals surface area contributed by atoms with Crippen molar-refractivity contribution >= 4 is 53.3 Å². The minimum atomic E-state index is -1.53. The number of carbonyl (C=O) groups is 8. The smallest absolute Gasteiger partial charge is 0.326 e. The van der Waals surface area contributed by atoms with Crippen LogP contribution in [0.1, 0.15) is 70.2 Å². The van der Waals surface area contributed by atoms with Gasteiger partial charge in [0.1, 0.15) is 36.3 Å². The zero-order valence-corrected chi connectivity index (χ0v) is 35.2. The number of imidazole rings is 2. The Bertz CT molecular complexity index is 1820. The number of aromatic nitrogens is 4. The minimum Gasteiger partial charge on any atom is -0.481 e. The topological polar surface area (TPSA) is 434 Å². The van der Waals surface area contributed by atoms with Crippen LogP contribution >= 0.6 is 0 Å².